The van der Waals surface area contributed by atoms with Gasteiger partial charge in [0.15, 0.2) is 0 Å². The van der Waals surface area contributed by atoms with Gasteiger partial charge < -0.3 is 0 Å². The Morgan fingerprint density at radius 3 is 3.12 bits per heavy atom. The fourth-order valence-electron chi connectivity index (χ4n) is 1.84. The number of carbonyl (C=O) groups is 1. The van der Waals surface area contributed by atoms with Gasteiger partial charge in [0.1, 0.15) is 11.9 Å². The maximum absolute atomic E-state index is 11.9. The molecule has 0 spiro atoms. The number of aryl methyl sites for hydroxylation is 2. The molecular weight excluding hydrogens is 208 g/mol. The van der Waals surface area contributed by atoms with Gasteiger partial charge in [0, 0.05) is 24.6 Å². The summed E-state index contributed by atoms with van der Waals surface area (Å²) in [6, 6.07) is 1.22. The Morgan fingerprint density at radius 1 is 1.69 bits per heavy atom. The number of likely N-dealkylation sites (N-methyl/N-ethyl adjacent to an activating group) is 1. The van der Waals surface area contributed by atoms with E-state index in [-0.39, 0.29) is 5.91 Å². The van der Waals surface area contributed by atoms with E-state index in [9.17, 15) is 4.79 Å². The van der Waals surface area contributed by atoms with E-state index in [1.54, 1.807) is 11.7 Å². The van der Waals surface area contributed by atoms with Crippen molar-refractivity contribution >= 4 is 11.7 Å². The number of fused-ring (bicyclic) bond motifs is 1. The predicted molar refractivity (Wildman–Crippen MR) is 57.9 cm³/mol. The quantitative estimate of drug-likeness (QED) is 0.405. The number of anilines is 1. The number of hydrogen-bond donors (Lipinski definition) is 0. The van der Waals surface area contributed by atoms with Crippen LogP contribution in [0, 0.1) is 6.92 Å². The molecular formula is C9H12N6O. The standard InChI is InChI=1S/C9H12N6O/c1-6-5-8-14(2)9(16)7(11-13-10)3-4-15(8)12-6/h5,7H,3-4H2,1-2H3. The number of carbonyl (C=O) groups excluding carboxylic acids is 1. The van der Waals surface area contributed by atoms with E-state index >= 15 is 0 Å². The maximum Gasteiger partial charge on any atom is 0.236 e. The van der Waals surface area contributed by atoms with Crippen molar-refractivity contribution in [1.29, 1.82) is 0 Å². The van der Waals surface area contributed by atoms with Crippen LogP contribution in [0.25, 0.3) is 10.4 Å². The number of nitrogens with zero attached hydrogens (tertiary/aromatic N) is 6. The lowest BCUT2D eigenvalue weighted by Crippen LogP contribution is -2.34. The SMILES string of the molecule is Cc1cc2n(n1)CCC(N=[N+]=[N-])C(=O)N2C. The number of hydrogen-bond acceptors (Lipinski definition) is 3. The van der Waals surface area contributed by atoms with Crippen LogP contribution in [0.1, 0.15) is 12.1 Å². The van der Waals surface area contributed by atoms with E-state index in [1.165, 1.54) is 4.90 Å². The molecule has 7 nitrogen and oxygen atoms in total. The van der Waals surface area contributed by atoms with Crippen molar-refractivity contribution in [3.8, 4) is 0 Å². The van der Waals surface area contributed by atoms with Crippen LogP contribution in [-0.2, 0) is 11.3 Å². The van der Waals surface area contributed by atoms with E-state index in [1.807, 2.05) is 13.0 Å². The molecule has 1 aromatic heterocycles. The first-order valence-corrected chi connectivity index (χ1v) is 4.99. The van der Waals surface area contributed by atoms with Gasteiger partial charge in [-0.2, -0.15) is 5.10 Å². The van der Waals surface area contributed by atoms with E-state index < -0.39 is 6.04 Å². The molecule has 1 atom stereocenters. The smallest absolute Gasteiger partial charge is 0.236 e. The third-order valence-electron chi connectivity index (χ3n) is 2.65. The van der Waals surface area contributed by atoms with Gasteiger partial charge in [-0.25, -0.2) is 4.68 Å². The molecule has 0 N–H and O–H groups in total. The molecule has 0 bridgehead atoms. The average Bonchev–Trinajstić information content (AvgIpc) is 2.59. The molecule has 0 saturated heterocycles. The molecule has 0 aliphatic carbocycles. The topological polar surface area (TPSA) is 86.9 Å². The van der Waals surface area contributed by atoms with E-state index in [4.69, 9.17) is 5.53 Å². The number of aromatic nitrogens is 2. The van der Waals surface area contributed by atoms with Crippen LogP contribution >= 0.6 is 0 Å². The monoisotopic (exact) mass is 220 g/mol. The van der Waals surface area contributed by atoms with E-state index in [2.05, 4.69) is 15.1 Å². The Morgan fingerprint density at radius 2 is 2.44 bits per heavy atom. The van der Waals surface area contributed by atoms with Crippen molar-refractivity contribution in [3.63, 3.8) is 0 Å². The summed E-state index contributed by atoms with van der Waals surface area (Å²) in [5, 5.41) is 7.79. The molecule has 16 heavy (non-hydrogen) atoms. The number of rotatable bonds is 1. The number of azide groups is 1. The molecule has 7 heteroatoms. The van der Waals surface area contributed by atoms with Gasteiger partial charge in [0.25, 0.3) is 0 Å². The van der Waals surface area contributed by atoms with Gasteiger partial charge in [-0.15, -0.1) is 0 Å². The Labute approximate surface area is 92.3 Å². The second-order valence-electron chi connectivity index (χ2n) is 3.77. The Kier molecular flexibility index (Phi) is 2.54. The largest absolute Gasteiger partial charge is 0.300 e. The zero-order valence-corrected chi connectivity index (χ0v) is 9.16. The first kappa shape index (κ1) is 10.5. The van der Waals surface area contributed by atoms with Crippen molar-refractivity contribution in [3.05, 3.63) is 22.2 Å². The lowest BCUT2D eigenvalue weighted by atomic mass is 10.2. The second-order valence-corrected chi connectivity index (χ2v) is 3.77. The Bertz CT molecular complexity index is 472. The summed E-state index contributed by atoms with van der Waals surface area (Å²) >= 11 is 0. The molecule has 1 aliphatic rings. The highest BCUT2D eigenvalue weighted by Crippen LogP contribution is 2.21. The summed E-state index contributed by atoms with van der Waals surface area (Å²) in [5.41, 5.74) is 9.26. The molecule has 1 unspecified atom stereocenters. The van der Waals surface area contributed by atoms with Crippen LogP contribution in [-0.4, -0.2) is 28.8 Å². The molecule has 84 valence electrons. The minimum Gasteiger partial charge on any atom is -0.300 e. The van der Waals surface area contributed by atoms with Crippen molar-refractivity contribution in [2.45, 2.75) is 25.9 Å². The molecule has 2 rings (SSSR count). The first-order valence-electron chi connectivity index (χ1n) is 4.99. The van der Waals surface area contributed by atoms with Gasteiger partial charge in [-0.05, 0) is 18.9 Å². The highest BCUT2D eigenvalue weighted by atomic mass is 16.2. The van der Waals surface area contributed by atoms with E-state index in [0.717, 1.165) is 11.5 Å². The maximum atomic E-state index is 11.9. The summed E-state index contributed by atoms with van der Waals surface area (Å²) in [5.74, 6) is 0.564. The highest BCUT2D eigenvalue weighted by molar-refractivity contribution is 5.96. The van der Waals surface area contributed by atoms with Gasteiger partial charge in [0.2, 0.25) is 5.91 Å². The molecule has 2 heterocycles. The summed E-state index contributed by atoms with van der Waals surface area (Å²) in [6.45, 7) is 2.47. The molecule has 1 amide bonds. The molecule has 1 aromatic rings. The lowest BCUT2D eigenvalue weighted by molar-refractivity contribution is -0.119. The zero-order valence-electron chi connectivity index (χ0n) is 9.16. The average molecular weight is 220 g/mol. The fraction of sp³-hybridized carbons (Fsp3) is 0.556. The van der Waals surface area contributed by atoms with Gasteiger partial charge >= 0.3 is 0 Å². The van der Waals surface area contributed by atoms with Crippen LogP contribution in [0.3, 0.4) is 0 Å². The van der Waals surface area contributed by atoms with Crippen LogP contribution in [0.4, 0.5) is 5.82 Å². The fourth-order valence-corrected chi connectivity index (χ4v) is 1.84. The second kappa shape index (κ2) is 3.86. The summed E-state index contributed by atoms with van der Waals surface area (Å²) in [4.78, 5) is 16.1. The molecule has 1 aliphatic heterocycles. The van der Waals surface area contributed by atoms with Crippen LogP contribution < -0.4 is 4.90 Å². The Hall–Kier alpha value is -2.01. The van der Waals surface area contributed by atoms with E-state index in [0.29, 0.717) is 13.0 Å². The summed E-state index contributed by atoms with van der Waals surface area (Å²) in [7, 11) is 1.67. The summed E-state index contributed by atoms with van der Waals surface area (Å²) in [6.07, 6.45) is 0.487. The minimum absolute atomic E-state index is 0.184. The van der Waals surface area contributed by atoms with Gasteiger partial charge in [-0.3, -0.25) is 9.69 Å². The van der Waals surface area contributed by atoms with Gasteiger partial charge in [-0.1, -0.05) is 5.11 Å². The van der Waals surface area contributed by atoms with Crippen molar-refractivity contribution in [2.24, 2.45) is 5.11 Å². The van der Waals surface area contributed by atoms with Crippen molar-refractivity contribution < 1.29 is 4.79 Å². The van der Waals surface area contributed by atoms with Crippen LogP contribution in [0.2, 0.25) is 0 Å². The first-order chi connectivity index (χ1) is 7.63. The highest BCUT2D eigenvalue weighted by Gasteiger charge is 2.27. The Balaban J connectivity index is 2.38. The molecule has 0 aromatic carbocycles. The third kappa shape index (κ3) is 1.61. The van der Waals surface area contributed by atoms with Crippen LogP contribution in [0.5, 0.6) is 0 Å². The van der Waals surface area contributed by atoms with Crippen molar-refractivity contribution in [1.82, 2.24) is 9.78 Å². The molecule has 0 saturated carbocycles. The zero-order chi connectivity index (χ0) is 11.7. The molecule has 0 radical (unpaired) electrons. The molecule has 0 fully saturated rings. The summed E-state index contributed by atoms with van der Waals surface area (Å²) < 4.78 is 1.76. The van der Waals surface area contributed by atoms with Crippen molar-refractivity contribution in [2.75, 3.05) is 11.9 Å². The van der Waals surface area contributed by atoms with Gasteiger partial charge in [0.05, 0.1) is 5.69 Å². The normalized spacial score (nSPS) is 20.0. The van der Waals surface area contributed by atoms with Crippen LogP contribution in [0.15, 0.2) is 11.2 Å². The number of amides is 1. The minimum atomic E-state index is -0.628. The third-order valence-corrected chi connectivity index (χ3v) is 2.65. The lowest BCUT2D eigenvalue weighted by Gasteiger charge is -2.16. The predicted octanol–water partition coefficient (Wildman–Crippen LogP) is 1.24.